The average Bonchev–Trinajstić information content (AvgIpc) is 2.47. The molecule has 0 aliphatic carbocycles. The molecule has 0 bridgehead atoms. The highest BCUT2D eigenvalue weighted by molar-refractivity contribution is 5.95. The van der Waals surface area contributed by atoms with E-state index in [0.29, 0.717) is 11.3 Å². The molecule has 0 fully saturated rings. The zero-order chi connectivity index (χ0) is 15.9. The summed E-state index contributed by atoms with van der Waals surface area (Å²) in [5, 5.41) is 5.35. The Morgan fingerprint density at radius 1 is 1.09 bits per heavy atom. The lowest BCUT2D eigenvalue weighted by Gasteiger charge is -2.14. The Balaban J connectivity index is 1.85. The lowest BCUT2D eigenvalue weighted by atomic mass is 10.1. The Labute approximate surface area is 128 Å². The summed E-state index contributed by atoms with van der Waals surface area (Å²) in [5.74, 6) is -0.929. The first-order chi connectivity index (χ1) is 10.5. The van der Waals surface area contributed by atoms with Crippen LogP contribution in [-0.2, 0) is 4.79 Å². The number of hydrogen-bond acceptors (Lipinski definition) is 2. The number of carbonyl (C=O) groups is 2. The highest BCUT2D eigenvalue weighted by atomic mass is 19.1. The van der Waals surface area contributed by atoms with Gasteiger partial charge in [0.1, 0.15) is 5.82 Å². The van der Waals surface area contributed by atoms with Crippen LogP contribution >= 0.6 is 0 Å². The molecule has 2 amide bonds. The molecule has 2 N–H and O–H groups in total. The molecule has 0 aromatic heterocycles. The van der Waals surface area contributed by atoms with Gasteiger partial charge in [-0.2, -0.15) is 0 Å². The van der Waals surface area contributed by atoms with Crippen molar-refractivity contribution in [3.63, 3.8) is 0 Å². The van der Waals surface area contributed by atoms with E-state index in [1.807, 2.05) is 6.07 Å². The van der Waals surface area contributed by atoms with Gasteiger partial charge in [-0.3, -0.25) is 9.59 Å². The second-order valence-corrected chi connectivity index (χ2v) is 5.00. The fourth-order valence-electron chi connectivity index (χ4n) is 2.00. The first-order valence-corrected chi connectivity index (χ1v) is 6.96. The summed E-state index contributed by atoms with van der Waals surface area (Å²) in [7, 11) is 0. The molecular weight excluding hydrogens is 283 g/mol. The number of anilines is 1. The van der Waals surface area contributed by atoms with Crippen LogP contribution in [0, 0.1) is 5.82 Å². The Hall–Kier alpha value is -2.69. The Kier molecular flexibility index (Phi) is 5.25. The second-order valence-electron chi connectivity index (χ2n) is 5.00. The van der Waals surface area contributed by atoms with E-state index < -0.39 is 5.82 Å². The first kappa shape index (κ1) is 15.7. The molecule has 5 heteroatoms. The highest BCUT2D eigenvalue weighted by Gasteiger charge is 2.13. The largest absolute Gasteiger partial charge is 0.349 e. The molecule has 0 saturated carbocycles. The molecule has 4 nitrogen and oxygen atoms in total. The van der Waals surface area contributed by atoms with Crippen molar-refractivity contribution in [1.29, 1.82) is 0 Å². The van der Waals surface area contributed by atoms with Gasteiger partial charge in [0, 0.05) is 23.7 Å². The van der Waals surface area contributed by atoms with Crippen LogP contribution in [0.4, 0.5) is 10.1 Å². The second kappa shape index (κ2) is 7.36. The molecular formula is C17H17FN2O2. The number of nitrogens with one attached hydrogen (secondary N) is 2. The molecule has 2 rings (SSSR count). The smallest absolute Gasteiger partial charge is 0.251 e. The Morgan fingerprint density at radius 2 is 1.82 bits per heavy atom. The summed E-state index contributed by atoms with van der Waals surface area (Å²) in [6.07, 6.45) is 0.106. The fraction of sp³-hybridized carbons (Fsp3) is 0.176. The van der Waals surface area contributed by atoms with Crippen LogP contribution in [0.15, 0.2) is 54.6 Å². The number of carbonyl (C=O) groups excluding carboxylic acids is 2. The summed E-state index contributed by atoms with van der Waals surface area (Å²) in [6, 6.07) is 14.1. The molecule has 114 valence electrons. The van der Waals surface area contributed by atoms with Crippen molar-refractivity contribution in [3.8, 4) is 0 Å². The summed E-state index contributed by atoms with van der Waals surface area (Å²) in [5.41, 5.74) is 0.937. The molecule has 0 saturated heterocycles. The van der Waals surface area contributed by atoms with E-state index in [-0.39, 0.29) is 24.3 Å². The van der Waals surface area contributed by atoms with E-state index in [0.717, 1.165) is 0 Å². The zero-order valence-electron chi connectivity index (χ0n) is 12.2. The van der Waals surface area contributed by atoms with Gasteiger partial charge in [-0.05, 0) is 37.3 Å². The number of benzene rings is 2. The molecule has 2 aromatic rings. The summed E-state index contributed by atoms with van der Waals surface area (Å²) in [4.78, 5) is 23.8. The maximum absolute atomic E-state index is 13.0. The maximum atomic E-state index is 13.0. The molecule has 1 atom stereocenters. The van der Waals surface area contributed by atoms with Crippen molar-refractivity contribution in [2.45, 2.75) is 19.4 Å². The van der Waals surface area contributed by atoms with Crippen molar-refractivity contribution in [3.05, 3.63) is 66.0 Å². The molecule has 22 heavy (non-hydrogen) atoms. The van der Waals surface area contributed by atoms with Crippen molar-refractivity contribution in [2.24, 2.45) is 0 Å². The predicted octanol–water partition coefficient (Wildman–Crippen LogP) is 2.97. The van der Waals surface area contributed by atoms with Crippen molar-refractivity contribution in [1.82, 2.24) is 5.32 Å². The van der Waals surface area contributed by atoms with Gasteiger partial charge in [-0.15, -0.1) is 0 Å². The van der Waals surface area contributed by atoms with E-state index in [2.05, 4.69) is 10.6 Å². The number of amides is 2. The number of halogens is 1. The van der Waals surface area contributed by atoms with Gasteiger partial charge in [-0.25, -0.2) is 4.39 Å². The van der Waals surface area contributed by atoms with Gasteiger partial charge in [0.05, 0.1) is 0 Å². The van der Waals surface area contributed by atoms with Gasteiger partial charge in [0.15, 0.2) is 0 Å². The minimum Gasteiger partial charge on any atom is -0.349 e. The van der Waals surface area contributed by atoms with Crippen LogP contribution in [0.1, 0.15) is 23.7 Å². The number of rotatable bonds is 5. The van der Waals surface area contributed by atoms with E-state index in [9.17, 15) is 14.0 Å². The van der Waals surface area contributed by atoms with Crippen LogP contribution in [0.2, 0.25) is 0 Å². The van der Waals surface area contributed by atoms with Gasteiger partial charge < -0.3 is 10.6 Å². The lowest BCUT2D eigenvalue weighted by Crippen LogP contribution is -2.35. The van der Waals surface area contributed by atoms with Crippen LogP contribution in [0.25, 0.3) is 0 Å². The molecule has 2 aromatic carbocycles. The standard InChI is InChI=1S/C17H17FN2O2/c1-12(19-17(22)13-6-3-2-4-7-13)10-16(21)20-15-9-5-8-14(18)11-15/h2-9,11-12H,10H2,1H3,(H,19,22)(H,20,21). The minimum absolute atomic E-state index is 0.106. The van der Waals surface area contributed by atoms with Gasteiger partial charge >= 0.3 is 0 Å². The van der Waals surface area contributed by atoms with Crippen LogP contribution in [-0.4, -0.2) is 17.9 Å². The monoisotopic (exact) mass is 300 g/mol. The summed E-state index contributed by atoms with van der Waals surface area (Å²) < 4.78 is 13.0. The van der Waals surface area contributed by atoms with E-state index >= 15 is 0 Å². The molecule has 0 radical (unpaired) electrons. The van der Waals surface area contributed by atoms with Crippen molar-refractivity contribution < 1.29 is 14.0 Å². The quantitative estimate of drug-likeness (QED) is 0.892. The first-order valence-electron chi connectivity index (χ1n) is 6.96. The topological polar surface area (TPSA) is 58.2 Å². The van der Waals surface area contributed by atoms with Crippen molar-refractivity contribution in [2.75, 3.05) is 5.32 Å². The molecule has 0 heterocycles. The normalized spacial score (nSPS) is 11.5. The third kappa shape index (κ3) is 4.70. The van der Waals surface area contributed by atoms with E-state index in [4.69, 9.17) is 0 Å². The minimum atomic E-state index is -0.414. The van der Waals surface area contributed by atoms with Crippen LogP contribution < -0.4 is 10.6 Å². The fourth-order valence-corrected chi connectivity index (χ4v) is 2.00. The van der Waals surface area contributed by atoms with E-state index in [1.54, 1.807) is 37.3 Å². The summed E-state index contributed by atoms with van der Waals surface area (Å²) in [6.45, 7) is 1.74. The van der Waals surface area contributed by atoms with Crippen molar-refractivity contribution >= 4 is 17.5 Å². The molecule has 0 aliphatic rings. The van der Waals surface area contributed by atoms with Gasteiger partial charge in [0.2, 0.25) is 5.91 Å². The Morgan fingerprint density at radius 3 is 2.50 bits per heavy atom. The zero-order valence-corrected chi connectivity index (χ0v) is 12.2. The van der Waals surface area contributed by atoms with Crippen LogP contribution in [0.5, 0.6) is 0 Å². The molecule has 0 aliphatic heterocycles. The number of hydrogen-bond donors (Lipinski definition) is 2. The Bertz CT molecular complexity index is 659. The average molecular weight is 300 g/mol. The third-order valence-corrected chi connectivity index (χ3v) is 3.01. The highest BCUT2D eigenvalue weighted by Crippen LogP contribution is 2.10. The SMILES string of the molecule is CC(CC(=O)Nc1cccc(F)c1)NC(=O)c1ccccc1. The lowest BCUT2D eigenvalue weighted by molar-refractivity contribution is -0.116. The molecule has 1 unspecified atom stereocenters. The van der Waals surface area contributed by atoms with Crippen LogP contribution in [0.3, 0.4) is 0 Å². The van der Waals surface area contributed by atoms with Gasteiger partial charge in [0.25, 0.3) is 5.91 Å². The van der Waals surface area contributed by atoms with E-state index in [1.165, 1.54) is 18.2 Å². The third-order valence-electron chi connectivity index (χ3n) is 3.01. The molecule has 0 spiro atoms. The summed E-state index contributed by atoms with van der Waals surface area (Å²) >= 11 is 0. The van der Waals surface area contributed by atoms with Gasteiger partial charge in [-0.1, -0.05) is 24.3 Å². The maximum Gasteiger partial charge on any atom is 0.251 e. The predicted molar refractivity (Wildman–Crippen MR) is 83.0 cm³/mol.